The quantitative estimate of drug-likeness (QED) is 0.0874. The number of hydrogen-bond donors (Lipinski definition) is 4. The van der Waals surface area contributed by atoms with Crippen molar-refractivity contribution >= 4 is 49.8 Å². The van der Waals surface area contributed by atoms with Gasteiger partial charge in [-0.25, -0.2) is 0 Å². The number of para-hydroxylation sites is 4. The van der Waals surface area contributed by atoms with Gasteiger partial charge >= 0.3 is 0 Å². The second-order valence-electron chi connectivity index (χ2n) is 16.3. The van der Waals surface area contributed by atoms with E-state index in [1.807, 2.05) is 0 Å². The van der Waals surface area contributed by atoms with Crippen LogP contribution in [0.3, 0.4) is 0 Å². The van der Waals surface area contributed by atoms with Gasteiger partial charge in [-0.1, -0.05) is 146 Å². The second kappa shape index (κ2) is 18.8. The average molecular weight is 843 g/mol. The molecule has 2 aliphatic carbocycles. The molecular weight excluding hydrogens is 791 g/mol. The molecule has 0 heterocycles. The summed E-state index contributed by atoms with van der Waals surface area (Å²) in [5, 5.41) is 19.3. The molecule has 0 radical (unpaired) electrons. The van der Waals surface area contributed by atoms with Gasteiger partial charge in [-0.15, -0.1) is 0 Å². The fourth-order valence-electron chi connectivity index (χ4n) is 9.31. The summed E-state index contributed by atoms with van der Waals surface area (Å²) in [5.41, 5.74) is 18.3. The molecule has 0 spiro atoms. The summed E-state index contributed by atoms with van der Waals surface area (Å²) in [7, 11) is -2.50. The Labute approximate surface area is 369 Å². The molecule has 0 amide bonds. The number of rotatable bonds is 13. The molecule has 10 rings (SSSR count). The van der Waals surface area contributed by atoms with Crippen molar-refractivity contribution in [2.24, 2.45) is 0 Å². The van der Waals surface area contributed by atoms with E-state index < -0.39 is 16.4 Å². The maximum Gasteiger partial charge on any atom is 0.124 e. The highest BCUT2D eigenvalue weighted by molar-refractivity contribution is 7.70. The standard InChI is InChI=1S/C56H52N4P2/c1-7-23-41(24-8-1)51-39-43-27-19-21-37-49(43)53(55(51)61(57-45-29-11-3-12-30-45)58-46-31-13-4-14-32-46)54-50-38-22-20-28-44(50)40-52(42-25-9-2-10-26-42)56(54)62(59-47-33-15-5-16-34-47)60-48-35-17-6-18-36-48/h1-18,23-26,29-36,39-40,57-60H,19-22,27-28,37-38H2. The minimum absolute atomic E-state index is 1.05. The predicted octanol–water partition coefficient (Wildman–Crippen LogP) is 14.8. The van der Waals surface area contributed by atoms with Crippen LogP contribution in [0.25, 0.3) is 33.4 Å². The smallest absolute Gasteiger partial charge is 0.124 e. The zero-order chi connectivity index (χ0) is 41.5. The average Bonchev–Trinajstić information content (AvgIpc) is 3.34. The zero-order valence-corrected chi connectivity index (χ0v) is 36.8. The van der Waals surface area contributed by atoms with Crippen LogP contribution in [-0.4, -0.2) is 0 Å². The van der Waals surface area contributed by atoms with E-state index in [-0.39, 0.29) is 0 Å². The molecule has 0 fully saturated rings. The summed E-state index contributed by atoms with van der Waals surface area (Å²) in [6.07, 6.45) is 9.00. The van der Waals surface area contributed by atoms with Crippen molar-refractivity contribution in [2.45, 2.75) is 51.4 Å². The largest absolute Gasteiger partial charge is 0.344 e. The van der Waals surface area contributed by atoms with Gasteiger partial charge in [-0.2, -0.15) is 0 Å². The molecule has 306 valence electrons. The van der Waals surface area contributed by atoms with Crippen LogP contribution in [0.1, 0.15) is 47.9 Å². The van der Waals surface area contributed by atoms with Gasteiger partial charge in [0.05, 0.1) is 0 Å². The molecule has 6 heteroatoms. The van der Waals surface area contributed by atoms with Gasteiger partial charge in [0.2, 0.25) is 0 Å². The maximum absolute atomic E-state index is 4.15. The first-order valence-corrected chi connectivity index (χ1v) is 24.8. The molecule has 0 unspecified atom stereocenters. The van der Waals surface area contributed by atoms with Gasteiger partial charge in [0, 0.05) is 33.4 Å². The van der Waals surface area contributed by atoms with E-state index in [1.54, 1.807) is 0 Å². The number of anilines is 4. The molecule has 4 nitrogen and oxygen atoms in total. The van der Waals surface area contributed by atoms with Crippen LogP contribution >= 0.6 is 16.4 Å². The Morgan fingerprint density at radius 1 is 0.306 bits per heavy atom. The second-order valence-corrected chi connectivity index (χ2v) is 19.4. The minimum atomic E-state index is -1.25. The Morgan fingerprint density at radius 3 is 0.887 bits per heavy atom. The van der Waals surface area contributed by atoms with Gasteiger partial charge < -0.3 is 20.3 Å². The fourth-order valence-corrected chi connectivity index (χ4v) is 13.3. The molecule has 0 aromatic heterocycles. The van der Waals surface area contributed by atoms with Gasteiger partial charge in [0.1, 0.15) is 16.4 Å². The van der Waals surface area contributed by atoms with Gasteiger partial charge in [-0.05, 0) is 156 Å². The first-order chi connectivity index (χ1) is 30.8. The highest BCUT2D eigenvalue weighted by Gasteiger charge is 2.35. The Balaban J connectivity index is 1.35. The molecule has 0 aliphatic heterocycles. The monoisotopic (exact) mass is 842 g/mol. The van der Waals surface area contributed by atoms with E-state index in [0.29, 0.717) is 0 Å². The summed E-state index contributed by atoms with van der Waals surface area (Å²) in [6.45, 7) is 0. The Bertz CT molecular complexity index is 2460. The maximum atomic E-state index is 4.15. The first kappa shape index (κ1) is 39.9. The van der Waals surface area contributed by atoms with Crippen LogP contribution in [0.15, 0.2) is 194 Å². The highest BCUT2D eigenvalue weighted by atomic mass is 31.1. The highest BCUT2D eigenvalue weighted by Crippen LogP contribution is 2.51. The number of fused-ring (bicyclic) bond motifs is 2. The van der Waals surface area contributed by atoms with E-state index >= 15 is 0 Å². The molecule has 4 N–H and O–H groups in total. The Kier molecular flexibility index (Phi) is 12.1. The third kappa shape index (κ3) is 8.64. The summed E-state index contributed by atoms with van der Waals surface area (Å²) in [6, 6.07) is 70.7. The van der Waals surface area contributed by atoms with Crippen molar-refractivity contribution in [3.05, 3.63) is 216 Å². The molecule has 62 heavy (non-hydrogen) atoms. The van der Waals surface area contributed by atoms with Crippen LogP contribution in [0.2, 0.25) is 0 Å². The van der Waals surface area contributed by atoms with E-state index in [4.69, 9.17) is 0 Å². The number of nitrogens with one attached hydrogen (secondary N) is 4. The lowest BCUT2D eigenvalue weighted by molar-refractivity contribution is 0.682. The zero-order valence-electron chi connectivity index (χ0n) is 35.0. The summed E-state index contributed by atoms with van der Waals surface area (Å²) in [5.74, 6) is 0. The van der Waals surface area contributed by atoms with E-state index in [2.05, 4.69) is 214 Å². The summed E-state index contributed by atoms with van der Waals surface area (Å²) >= 11 is 0. The van der Waals surface area contributed by atoms with Crippen molar-refractivity contribution in [3.8, 4) is 33.4 Å². The molecule has 8 aromatic carbocycles. The van der Waals surface area contributed by atoms with Crippen molar-refractivity contribution in [1.29, 1.82) is 0 Å². The molecule has 0 bridgehead atoms. The Morgan fingerprint density at radius 2 is 0.581 bits per heavy atom. The van der Waals surface area contributed by atoms with Gasteiger partial charge in [0.25, 0.3) is 0 Å². The number of hydrogen-bond acceptors (Lipinski definition) is 4. The molecule has 0 saturated heterocycles. The topological polar surface area (TPSA) is 48.1 Å². The van der Waals surface area contributed by atoms with E-state index in [9.17, 15) is 0 Å². The van der Waals surface area contributed by atoms with Crippen molar-refractivity contribution < 1.29 is 0 Å². The third-order valence-corrected chi connectivity index (χ3v) is 15.9. The lowest BCUT2D eigenvalue weighted by Crippen LogP contribution is -2.28. The van der Waals surface area contributed by atoms with Crippen LogP contribution in [0, 0.1) is 0 Å². The van der Waals surface area contributed by atoms with Gasteiger partial charge in [-0.3, -0.25) is 0 Å². The SMILES string of the molecule is c1ccc(NP(Nc2ccccc2)c2c(-c3ccccc3)cc3c(c2-c2c4c(cc(-c5ccccc5)c2P(Nc2ccccc2)Nc2ccccc2)CCCC4)CCCC3)cc1. The van der Waals surface area contributed by atoms with Crippen molar-refractivity contribution in [1.82, 2.24) is 0 Å². The fraction of sp³-hybridized carbons (Fsp3) is 0.143. The van der Waals surface area contributed by atoms with Crippen LogP contribution in [-0.2, 0) is 25.7 Å². The Hall–Kier alpha value is -6.18. The number of benzene rings is 8. The summed E-state index contributed by atoms with van der Waals surface area (Å²) in [4.78, 5) is 0. The molecular formula is C56H52N4P2. The van der Waals surface area contributed by atoms with E-state index in [0.717, 1.165) is 48.4 Å². The third-order valence-electron chi connectivity index (χ3n) is 12.2. The van der Waals surface area contributed by atoms with Gasteiger partial charge in [0.15, 0.2) is 0 Å². The van der Waals surface area contributed by atoms with Crippen molar-refractivity contribution in [2.75, 3.05) is 20.3 Å². The normalized spacial score (nSPS) is 13.3. The molecule has 8 aromatic rings. The molecule has 0 saturated carbocycles. The number of aryl methyl sites for hydroxylation is 2. The van der Waals surface area contributed by atoms with Crippen LogP contribution in [0.5, 0.6) is 0 Å². The molecule has 0 atom stereocenters. The molecule has 2 aliphatic rings. The minimum Gasteiger partial charge on any atom is -0.344 e. The first-order valence-electron chi connectivity index (χ1n) is 22.1. The van der Waals surface area contributed by atoms with Crippen molar-refractivity contribution in [3.63, 3.8) is 0 Å². The van der Waals surface area contributed by atoms with Crippen LogP contribution in [0.4, 0.5) is 22.7 Å². The van der Waals surface area contributed by atoms with Crippen LogP contribution < -0.4 is 31.0 Å². The predicted molar refractivity (Wildman–Crippen MR) is 269 cm³/mol. The summed E-state index contributed by atoms with van der Waals surface area (Å²) < 4.78 is 0. The lowest BCUT2D eigenvalue weighted by atomic mass is 9.78. The lowest BCUT2D eigenvalue weighted by Gasteiger charge is -2.36. The van der Waals surface area contributed by atoms with E-state index in [1.165, 1.54) is 91.9 Å².